The van der Waals surface area contributed by atoms with E-state index in [1.165, 1.54) is 0 Å². The minimum Gasteiger partial charge on any atom is -0.486 e. The van der Waals surface area contributed by atoms with E-state index in [2.05, 4.69) is 10.4 Å². The van der Waals surface area contributed by atoms with Crippen molar-refractivity contribution in [2.75, 3.05) is 25.1 Å². The van der Waals surface area contributed by atoms with Crippen LogP contribution in [0.4, 0.5) is 5.69 Å². The van der Waals surface area contributed by atoms with Crippen molar-refractivity contribution in [1.29, 1.82) is 0 Å². The second kappa shape index (κ2) is 5.83. The molecule has 1 aromatic carbocycles. The van der Waals surface area contributed by atoms with Gasteiger partial charge in [-0.3, -0.25) is 4.68 Å². The molecule has 2 aromatic rings. The maximum absolute atomic E-state index is 8.84. The molecule has 0 saturated carbocycles. The number of benzene rings is 1. The molecule has 0 atom stereocenters. The molecular formula is C14H17N3O3. The summed E-state index contributed by atoms with van der Waals surface area (Å²) < 4.78 is 12.7. The number of hydrogen-bond donors (Lipinski definition) is 2. The quantitative estimate of drug-likeness (QED) is 0.859. The summed E-state index contributed by atoms with van der Waals surface area (Å²) in [5.74, 6) is 1.60. The number of aliphatic hydroxyl groups excluding tert-OH is 1. The third-order valence-electron chi connectivity index (χ3n) is 3.07. The van der Waals surface area contributed by atoms with Crippen LogP contribution >= 0.6 is 0 Å². The van der Waals surface area contributed by atoms with Gasteiger partial charge >= 0.3 is 0 Å². The van der Waals surface area contributed by atoms with Crippen molar-refractivity contribution in [1.82, 2.24) is 9.78 Å². The van der Waals surface area contributed by atoms with Gasteiger partial charge in [-0.1, -0.05) is 6.07 Å². The smallest absolute Gasteiger partial charge is 0.161 e. The molecule has 3 rings (SSSR count). The zero-order chi connectivity index (χ0) is 13.8. The monoisotopic (exact) mass is 275 g/mol. The summed E-state index contributed by atoms with van der Waals surface area (Å²) in [6, 6.07) is 5.93. The number of nitrogens with one attached hydrogen (secondary N) is 1. The van der Waals surface area contributed by atoms with Crippen molar-refractivity contribution < 1.29 is 14.6 Å². The Labute approximate surface area is 116 Å². The average molecular weight is 275 g/mol. The molecule has 1 aliphatic rings. The summed E-state index contributed by atoms with van der Waals surface area (Å²) >= 11 is 0. The maximum Gasteiger partial charge on any atom is 0.161 e. The first-order valence-electron chi connectivity index (χ1n) is 6.61. The van der Waals surface area contributed by atoms with Crippen molar-refractivity contribution >= 4 is 5.69 Å². The van der Waals surface area contributed by atoms with E-state index in [-0.39, 0.29) is 6.61 Å². The largest absolute Gasteiger partial charge is 0.486 e. The van der Waals surface area contributed by atoms with Gasteiger partial charge < -0.3 is 19.9 Å². The predicted octanol–water partition coefficient (Wildman–Crippen LogP) is 1.26. The van der Waals surface area contributed by atoms with Crippen LogP contribution in [-0.2, 0) is 13.1 Å². The van der Waals surface area contributed by atoms with E-state index in [9.17, 15) is 0 Å². The van der Waals surface area contributed by atoms with Gasteiger partial charge in [-0.2, -0.15) is 5.10 Å². The van der Waals surface area contributed by atoms with Gasteiger partial charge in [0.2, 0.25) is 0 Å². The van der Waals surface area contributed by atoms with Crippen LogP contribution in [0.25, 0.3) is 0 Å². The molecular weight excluding hydrogens is 258 g/mol. The summed E-state index contributed by atoms with van der Waals surface area (Å²) in [7, 11) is 0. The molecule has 1 aromatic heterocycles. The Morgan fingerprint density at radius 3 is 2.95 bits per heavy atom. The lowest BCUT2D eigenvalue weighted by Crippen LogP contribution is -2.15. The third-order valence-corrected chi connectivity index (χ3v) is 3.07. The van der Waals surface area contributed by atoms with Crippen molar-refractivity contribution in [2.45, 2.75) is 13.1 Å². The fourth-order valence-electron chi connectivity index (χ4n) is 2.08. The van der Waals surface area contributed by atoms with Crippen LogP contribution in [0.3, 0.4) is 0 Å². The number of hydrogen-bond acceptors (Lipinski definition) is 5. The fraction of sp³-hybridized carbons (Fsp3) is 0.357. The molecule has 0 bridgehead atoms. The number of rotatable bonds is 5. The van der Waals surface area contributed by atoms with Crippen molar-refractivity contribution in [3.63, 3.8) is 0 Å². The first-order valence-corrected chi connectivity index (χ1v) is 6.61. The van der Waals surface area contributed by atoms with E-state index in [1.807, 2.05) is 24.4 Å². The zero-order valence-corrected chi connectivity index (χ0v) is 11.1. The lowest BCUT2D eigenvalue weighted by Gasteiger charge is -2.18. The number of aromatic nitrogens is 2. The minimum atomic E-state index is 0.0866. The van der Waals surface area contributed by atoms with Gasteiger partial charge in [0.25, 0.3) is 0 Å². The van der Waals surface area contributed by atoms with E-state index >= 15 is 0 Å². The Hall–Kier alpha value is -2.21. The van der Waals surface area contributed by atoms with E-state index < -0.39 is 0 Å². The van der Waals surface area contributed by atoms with Gasteiger partial charge in [-0.05, 0) is 17.7 Å². The summed E-state index contributed by atoms with van der Waals surface area (Å²) in [5.41, 5.74) is 2.04. The Kier molecular flexibility index (Phi) is 3.73. The molecule has 0 fully saturated rings. The zero-order valence-electron chi connectivity index (χ0n) is 11.1. The number of fused-ring (bicyclic) bond motifs is 1. The van der Waals surface area contributed by atoms with Gasteiger partial charge in [0.05, 0.1) is 25.0 Å². The van der Waals surface area contributed by atoms with Gasteiger partial charge in [-0.25, -0.2) is 0 Å². The predicted molar refractivity (Wildman–Crippen MR) is 74.1 cm³/mol. The summed E-state index contributed by atoms with van der Waals surface area (Å²) in [6.45, 7) is 2.48. The lowest BCUT2D eigenvalue weighted by atomic mass is 10.2. The lowest BCUT2D eigenvalue weighted by molar-refractivity contribution is 0.171. The Morgan fingerprint density at radius 2 is 2.10 bits per heavy atom. The van der Waals surface area contributed by atoms with Gasteiger partial charge in [0.1, 0.15) is 13.2 Å². The van der Waals surface area contributed by atoms with Gasteiger partial charge in [-0.15, -0.1) is 0 Å². The van der Waals surface area contributed by atoms with Crippen LogP contribution in [0.2, 0.25) is 0 Å². The third kappa shape index (κ3) is 2.85. The molecule has 0 radical (unpaired) electrons. The molecule has 6 heteroatoms. The molecule has 0 unspecified atom stereocenters. The van der Waals surface area contributed by atoms with E-state index in [1.54, 1.807) is 10.9 Å². The number of nitrogens with zero attached hydrogens (tertiary/aromatic N) is 2. The Morgan fingerprint density at radius 1 is 1.25 bits per heavy atom. The summed E-state index contributed by atoms with van der Waals surface area (Å²) in [5, 5.41) is 16.3. The summed E-state index contributed by atoms with van der Waals surface area (Å²) in [4.78, 5) is 0. The van der Waals surface area contributed by atoms with Crippen LogP contribution in [-0.4, -0.2) is 34.7 Å². The molecule has 20 heavy (non-hydrogen) atoms. The van der Waals surface area contributed by atoms with E-state index in [4.69, 9.17) is 14.6 Å². The molecule has 1 aliphatic heterocycles. The summed E-state index contributed by atoms with van der Waals surface area (Å²) in [6.07, 6.45) is 3.61. The highest BCUT2D eigenvalue weighted by Gasteiger charge is 2.11. The molecule has 0 saturated heterocycles. The average Bonchev–Trinajstić information content (AvgIpc) is 2.93. The second-order valence-electron chi connectivity index (χ2n) is 4.55. The maximum atomic E-state index is 8.84. The molecule has 0 aliphatic carbocycles. The highest BCUT2D eigenvalue weighted by molar-refractivity contribution is 5.45. The number of anilines is 1. The van der Waals surface area contributed by atoms with Crippen molar-refractivity contribution in [3.05, 3.63) is 36.2 Å². The first kappa shape index (κ1) is 12.8. The SMILES string of the molecule is OCCn1cc(NCc2ccc3c(c2)OCCO3)cn1. The highest BCUT2D eigenvalue weighted by Crippen LogP contribution is 2.30. The molecule has 2 N–H and O–H groups in total. The standard InChI is InChI=1S/C14H17N3O3/c18-4-3-17-10-12(9-16-17)15-8-11-1-2-13-14(7-11)20-6-5-19-13/h1-2,7,9-10,15,18H,3-6,8H2. The molecule has 0 amide bonds. The van der Waals surface area contributed by atoms with Crippen LogP contribution in [0.15, 0.2) is 30.6 Å². The highest BCUT2D eigenvalue weighted by atomic mass is 16.6. The van der Waals surface area contributed by atoms with Crippen LogP contribution in [0.1, 0.15) is 5.56 Å². The normalized spacial score (nSPS) is 13.2. The van der Waals surface area contributed by atoms with Crippen molar-refractivity contribution in [3.8, 4) is 11.5 Å². The molecule has 6 nitrogen and oxygen atoms in total. The Bertz CT molecular complexity index is 583. The topological polar surface area (TPSA) is 68.5 Å². The Balaban J connectivity index is 1.62. The van der Waals surface area contributed by atoms with Gasteiger partial charge in [0.15, 0.2) is 11.5 Å². The van der Waals surface area contributed by atoms with Crippen LogP contribution < -0.4 is 14.8 Å². The molecule has 2 heterocycles. The van der Waals surface area contributed by atoms with E-state index in [0.29, 0.717) is 26.3 Å². The van der Waals surface area contributed by atoms with E-state index in [0.717, 1.165) is 22.7 Å². The van der Waals surface area contributed by atoms with Crippen LogP contribution in [0, 0.1) is 0 Å². The number of ether oxygens (including phenoxy) is 2. The minimum absolute atomic E-state index is 0.0866. The van der Waals surface area contributed by atoms with Crippen molar-refractivity contribution in [2.24, 2.45) is 0 Å². The van der Waals surface area contributed by atoms with Gasteiger partial charge in [0, 0.05) is 12.7 Å². The van der Waals surface area contributed by atoms with Crippen LogP contribution in [0.5, 0.6) is 11.5 Å². The second-order valence-corrected chi connectivity index (χ2v) is 4.55. The fourth-order valence-corrected chi connectivity index (χ4v) is 2.08. The molecule has 106 valence electrons. The molecule has 0 spiro atoms. The first-order chi connectivity index (χ1) is 9.85. The number of aliphatic hydroxyl groups is 1.